The summed E-state index contributed by atoms with van der Waals surface area (Å²) < 4.78 is 0. The van der Waals surface area contributed by atoms with Gasteiger partial charge in [-0.2, -0.15) is 0 Å². The SMILES string of the molecule is C[C@H](CSc1ccccc1)N(CCO)[C@@H](C)CSc1ccccc1. The molecule has 0 aliphatic carbocycles. The average molecular weight is 362 g/mol. The quantitative estimate of drug-likeness (QED) is 0.623. The molecule has 130 valence electrons. The molecule has 2 aromatic carbocycles. The van der Waals surface area contributed by atoms with Crippen molar-refractivity contribution in [1.82, 2.24) is 4.90 Å². The highest BCUT2D eigenvalue weighted by atomic mass is 32.2. The Labute approximate surface area is 154 Å². The van der Waals surface area contributed by atoms with E-state index in [0.29, 0.717) is 12.1 Å². The molecule has 0 amide bonds. The smallest absolute Gasteiger partial charge is 0.0558 e. The van der Waals surface area contributed by atoms with Crippen molar-refractivity contribution < 1.29 is 5.11 Å². The first kappa shape index (κ1) is 19.4. The summed E-state index contributed by atoms with van der Waals surface area (Å²) in [5.41, 5.74) is 0. The number of thioether (sulfide) groups is 2. The van der Waals surface area contributed by atoms with Gasteiger partial charge in [-0.1, -0.05) is 36.4 Å². The Balaban J connectivity index is 1.86. The van der Waals surface area contributed by atoms with Crippen LogP contribution in [0.25, 0.3) is 0 Å². The van der Waals surface area contributed by atoms with E-state index in [1.165, 1.54) is 9.79 Å². The normalized spacial score (nSPS) is 13.8. The van der Waals surface area contributed by atoms with Crippen molar-refractivity contribution in [1.29, 1.82) is 0 Å². The second kappa shape index (κ2) is 10.8. The molecule has 0 fully saturated rings. The lowest BCUT2D eigenvalue weighted by atomic mass is 10.2. The molecule has 0 spiro atoms. The second-order valence-electron chi connectivity index (χ2n) is 5.91. The van der Waals surface area contributed by atoms with Crippen LogP contribution in [0, 0.1) is 0 Å². The standard InChI is InChI=1S/C20H27NOS2/c1-17(15-23-19-9-5-3-6-10-19)21(13-14-22)18(2)16-24-20-11-7-4-8-12-20/h3-12,17-18,22H,13-16H2,1-2H3/t17-,18+. The van der Waals surface area contributed by atoms with Crippen LogP contribution in [0.1, 0.15) is 13.8 Å². The van der Waals surface area contributed by atoms with Crippen molar-refractivity contribution in [3.05, 3.63) is 60.7 Å². The summed E-state index contributed by atoms with van der Waals surface area (Å²) >= 11 is 3.77. The van der Waals surface area contributed by atoms with Crippen LogP contribution in [0.15, 0.2) is 70.5 Å². The van der Waals surface area contributed by atoms with Gasteiger partial charge in [0.1, 0.15) is 0 Å². The Hall–Kier alpha value is -0.940. The molecule has 4 heteroatoms. The summed E-state index contributed by atoms with van der Waals surface area (Å²) in [6.45, 7) is 5.46. The van der Waals surface area contributed by atoms with Gasteiger partial charge in [0.15, 0.2) is 0 Å². The van der Waals surface area contributed by atoms with E-state index in [4.69, 9.17) is 0 Å². The van der Waals surface area contributed by atoms with Crippen molar-refractivity contribution in [2.24, 2.45) is 0 Å². The fraction of sp³-hybridized carbons (Fsp3) is 0.400. The van der Waals surface area contributed by atoms with Gasteiger partial charge in [-0.25, -0.2) is 0 Å². The number of rotatable bonds is 10. The summed E-state index contributed by atoms with van der Waals surface area (Å²) in [6, 6.07) is 21.9. The molecule has 0 bridgehead atoms. The number of nitrogens with zero attached hydrogens (tertiary/aromatic N) is 1. The Morgan fingerprint density at radius 3 is 1.58 bits per heavy atom. The topological polar surface area (TPSA) is 23.5 Å². The minimum atomic E-state index is 0.209. The molecule has 0 saturated heterocycles. The molecule has 0 unspecified atom stereocenters. The first-order valence-electron chi connectivity index (χ1n) is 8.43. The van der Waals surface area contributed by atoms with E-state index in [0.717, 1.165) is 18.1 Å². The van der Waals surface area contributed by atoms with Crippen molar-refractivity contribution in [3.63, 3.8) is 0 Å². The van der Waals surface area contributed by atoms with Gasteiger partial charge >= 0.3 is 0 Å². The number of hydrogen-bond acceptors (Lipinski definition) is 4. The van der Waals surface area contributed by atoms with Gasteiger partial charge in [0, 0.05) is 39.9 Å². The van der Waals surface area contributed by atoms with Gasteiger partial charge in [0.2, 0.25) is 0 Å². The summed E-state index contributed by atoms with van der Waals surface area (Å²) in [5.74, 6) is 2.06. The third-order valence-corrected chi connectivity index (χ3v) is 6.47. The molecule has 2 aromatic rings. The minimum absolute atomic E-state index is 0.209. The number of hydrogen-bond donors (Lipinski definition) is 1. The first-order valence-corrected chi connectivity index (χ1v) is 10.4. The van der Waals surface area contributed by atoms with Crippen LogP contribution in [-0.4, -0.2) is 46.7 Å². The minimum Gasteiger partial charge on any atom is -0.395 e. The summed E-state index contributed by atoms with van der Waals surface area (Å²) in [4.78, 5) is 5.03. The highest BCUT2D eigenvalue weighted by molar-refractivity contribution is 7.99. The Morgan fingerprint density at radius 1 is 0.792 bits per heavy atom. The van der Waals surface area contributed by atoms with E-state index >= 15 is 0 Å². The van der Waals surface area contributed by atoms with Crippen molar-refractivity contribution in [2.75, 3.05) is 24.7 Å². The molecule has 24 heavy (non-hydrogen) atoms. The number of aliphatic hydroxyl groups is 1. The van der Waals surface area contributed by atoms with Crippen molar-refractivity contribution >= 4 is 23.5 Å². The molecular formula is C20H27NOS2. The molecule has 1 N–H and O–H groups in total. The van der Waals surface area contributed by atoms with Crippen molar-refractivity contribution in [2.45, 2.75) is 35.7 Å². The van der Waals surface area contributed by atoms with Gasteiger partial charge in [-0.15, -0.1) is 23.5 Å². The van der Waals surface area contributed by atoms with Crippen LogP contribution >= 0.6 is 23.5 Å². The van der Waals surface area contributed by atoms with E-state index in [-0.39, 0.29) is 6.61 Å². The number of aliphatic hydroxyl groups excluding tert-OH is 1. The molecule has 2 atom stereocenters. The fourth-order valence-corrected chi connectivity index (χ4v) is 4.60. The molecule has 0 aliphatic rings. The zero-order chi connectivity index (χ0) is 17.2. The van der Waals surface area contributed by atoms with Crippen molar-refractivity contribution in [3.8, 4) is 0 Å². The first-order chi connectivity index (χ1) is 11.7. The summed E-state index contributed by atoms with van der Waals surface area (Å²) in [7, 11) is 0. The van der Waals surface area contributed by atoms with Crippen LogP contribution in [0.2, 0.25) is 0 Å². The largest absolute Gasteiger partial charge is 0.395 e. The zero-order valence-corrected chi connectivity index (χ0v) is 16.1. The van der Waals surface area contributed by atoms with E-state index in [1.807, 2.05) is 23.5 Å². The van der Waals surface area contributed by atoms with E-state index in [2.05, 4.69) is 79.4 Å². The molecule has 0 aliphatic heterocycles. The molecule has 2 rings (SSSR count). The molecule has 0 radical (unpaired) electrons. The van der Waals surface area contributed by atoms with Gasteiger partial charge in [0.25, 0.3) is 0 Å². The molecular weight excluding hydrogens is 334 g/mol. The summed E-state index contributed by atoms with van der Waals surface area (Å²) in [6.07, 6.45) is 0. The second-order valence-corrected chi connectivity index (χ2v) is 8.09. The van der Waals surface area contributed by atoms with Crippen LogP contribution in [-0.2, 0) is 0 Å². The van der Waals surface area contributed by atoms with Gasteiger partial charge in [-0.3, -0.25) is 4.90 Å². The Bertz CT molecular complexity index is 515. The maximum Gasteiger partial charge on any atom is 0.0558 e. The third-order valence-electron chi connectivity index (χ3n) is 3.96. The lowest BCUT2D eigenvalue weighted by molar-refractivity contribution is 0.138. The maximum atomic E-state index is 9.45. The van der Waals surface area contributed by atoms with Gasteiger partial charge in [-0.05, 0) is 38.1 Å². The Kier molecular flexibility index (Phi) is 8.75. The highest BCUT2D eigenvalue weighted by Gasteiger charge is 2.20. The fourth-order valence-electron chi connectivity index (χ4n) is 2.65. The van der Waals surface area contributed by atoms with Crippen LogP contribution < -0.4 is 0 Å². The maximum absolute atomic E-state index is 9.45. The van der Waals surface area contributed by atoms with Gasteiger partial charge < -0.3 is 5.11 Å². The number of benzene rings is 2. The predicted octanol–water partition coefficient (Wildman–Crippen LogP) is 4.64. The Morgan fingerprint density at radius 2 is 1.21 bits per heavy atom. The summed E-state index contributed by atoms with van der Waals surface area (Å²) in [5, 5.41) is 9.45. The van der Waals surface area contributed by atoms with Crippen LogP contribution in [0.5, 0.6) is 0 Å². The molecule has 2 nitrogen and oxygen atoms in total. The van der Waals surface area contributed by atoms with Crippen LogP contribution in [0.4, 0.5) is 0 Å². The van der Waals surface area contributed by atoms with E-state index < -0.39 is 0 Å². The van der Waals surface area contributed by atoms with Gasteiger partial charge in [0.05, 0.1) is 6.61 Å². The predicted molar refractivity (Wildman–Crippen MR) is 107 cm³/mol. The van der Waals surface area contributed by atoms with Crippen LogP contribution in [0.3, 0.4) is 0 Å². The van der Waals surface area contributed by atoms with E-state index in [1.54, 1.807) is 0 Å². The average Bonchev–Trinajstić information content (AvgIpc) is 2.64. The molecule has 0 aromatic heterocycles. The molecule has 0 heterocycles. The highest BCUT2D eigenvalue weighted by Crippen LogP contribution is 2.23. The monoisotopic (exact) mass is 361 g/mol. The lowest BCUT2D eigenvalue weighted by Crippen LogP contribution is -2.44. The zero-order valence-electron chi connectivity index (χ0n) is 14.5. The molecule has 0 saturated carbocycles. The van der Waals surface area contributed by atoms with E-state index in [9.17, 15) is 5.11 Å². The third kappa shape index (κ3) is 6.52. The lowest BCUT2D eigenvalue weighted by Gasteiger charge is -2.34.